The summed E-state index contributed by atoms with van der Waals surface area (Å²) in [6.07, 6.45) is 28.1. The van der Waals surface area contributed by atoms with Crippen LogP contribution in [-0.4, -0.2) is 0 Å². The molecular weight excluding hydrogens is 522 g/mol. The molecule has 0 N–H and O–H groups in total. The van der Waals surface area contributed by atoms with Crippen molar-refractivity contribution in [3.05, 3.63) is 47.6 Å². The first-order chi connectivity index (χ1) is 15.4. The van der Waals surface area contributed by atoms with E-state index < -0.39 is 17.9 Å². The molecule has 0 aromatic heterocycles. The zero-order valence-corrected chi connectivity index (χ0v) is 25.9. The predicted molar refractivity (Wildman–Crippen MR) is 144 cm³/mol. The molecule has 4 rings (SSSR count). The third-order valence-electron chi connectivity index (χ3n) is 10.3. The first-order valence-corrected chi connectivity index (χ1v) is 22.4. The Bertz CT molecular complexity index is 792. The van der Waals surface area contributed by atoms with Crippen molar-refractivity contribution in [1.82, 2.24) is 0 Å². The van der Waals surface area contributed by atoms with Crippen LogP contribution in [0.15, 0.2) is 47.6 Å². The molecule has 33 heavy (non-hydrogen) atoms. The fourth-order valence-corrected chi connectivity index (χ4v) is 16.4. The van der Waals surface area contributed by atoms with Crippen LogP contribution >= 0.6 is 17.0 Å². The van der Waals surface area contributed by atoms with Gasteiger partial charge in [-0.15, -0.1) is 0 Å². The summed E-state index contributed by atoms with van der Waals surface area (Å²) in [6, 6.07) is 0. The van der Waals surface area contributed by atoms with Crippen LogP contribution in [0.2, 0.25) is 6.25 Å². The number of allylic oxidation sites excluding steroid dienone is 8. The van der Waals surface area contributed by atoms with E-state index >= 15 is 0 Å². The van der Waals surface area contributed by atoms with E-state index in [1.807, 2.05) is 0 Å². The van der Waals surface area contributed by atoms with E-state index in [0.29, 0.717) is 22.7 Å². The molecule has 2 fully saturated rings. The van der Waals surface area contributed by atoms with E-state index in [4.69, 9.17) is 17.0 Å². The Morgan fingerprint density at radius 1 is 0.636 bits per heavy atom. The summed E-state index contributed by atoms with van der Waals surface area (Å²) < 4.78 is -0.371. The van der Waals surface area contributed by atoms with E-state index in [1.54, 1.807) is 0 Å². The van der Waals surface area contributed by atoms with Gasteiger partial charge >= 0.3 is 217 Å². The van der Waals surface area contributed by atoms with Gasteiger partial charge in [0, 0.05) is 0 Å². The first-order valence-electron chi connectivity index (χ1n) is 13.7. The fourth-order valence-electron chi connectivity index (χ4n) is 7.72. The molecule has 0 aromatic rings. The molecule has 4 aliphatic rings. The fraction of sp³-hybridized carbons (Fsp3) is 0.733. The second-order valence-corrected chi connectivity index (χ2v) is 28.7. The number of hydrogen-bond donors (Lipinski definition) is 0. The van der Waals surface area contributed by atoms with Crippen molar-refractivity contribution in [3.63, 3.8) is 0 Å². The van der Waals surface area contributed by atoms with Crippen LogP contribution in [0.4, 0.5) is 0 Å². The van der Waals surface area contributed by atoms with Crippen LogP contribution in [0.25, 0.3) is 0 Å². The van der Waals surface area contributed by atoms with Crippen molar-refractivity contribution in [2.45, 2.75) is 112 Å². The number of halogens is 2. The summed E-state index contributed by atoms with van der Waals surface area (Å²) in [5, 5.41) is 0. The van der Waals surface area contributed by atoms with Gasteiger partial charge in [0.15, 0.2) is 0 Å². The monoisotopic (exact) mass is 566 g/mol. The van der Waals surface area contributed by atoms with Crippen molar-refractivity contribution in [3.8, 4) is 0 Å². The zero-order chi connectivity index (χ0) is 24.1. The Hall–Kier alpha value is 0.423. The Morgan fingerprint density at radius 2 is 0.970 bits per heavy atom. The standard InChI is InChI=1S/2C15H23.2ClH.Zr/c2*1-12(2)15(9-5-4-6-10-15)14-8-7-13(3)11-14;;;/h2*7-8,11-12H,4-6,9-10H2,1-3H3;2*1H;/q;;;;+2/p-2. The van der Waals surface area contributed by atoms with Crippen molar-refractivity contribution >= 4 is 17.0 Å². The van der Waals surface area contributed by atoms with Crippen LogP contribution in [0.3, 0.4) is 0 Å². The van der Waals surface area contributed by atoms with Crippen LogP contribution in [0.5, 0.6) is 0 Å². The summed E-state index contributed by atoms with van der Waals surface area (Å²) in [4.78, 5) is 0. The van der Waals surface area contributed by atoms with Crippen molar-refractivity contribution in [2.75, 3.05) is 0 Å². The molecule has 0 nitrogen and oxygen atoms in total. The predicted octanol–water partition coefficient (Wildman–Crippen LogP) is 11.0. The topological polar surface area (TPSA) is 0 Å². The van der Waals surface area contributed by atoms with E-state index in [1.165, 1.54) is 75.4 Å². The third-order valence-corrected chi connectivity index (χ3v) is 28.2. The van der Waals surface area contributed by atoms with Crippen LogP contribution in [0.1, 0.15) is 106 Å². The van der Waals surface area contributed by atoms with E-state index in [2.05, 4.69) is 78.0 Å². The molecule has 4 aliphatic carbocycles. The Kier molecular flexibility index (Phi) is 7.53. The number of rotatable bonds is 6. The van der Waals surface area contributed by atoms with Crippen molar-refractivity contribution in [1.29, 1.82) is 0 Å². The van der Waals surface area contributed by atoms with E-state index in [-0.39, 0.29) is 6.25 Å². The minimum absolute atomic E-state index is 0.185. The minimum atomic E-state index is -3.77. The van der Waals surface area contributed by atoms with Gasteiger partial charge in [-0.05, 0) is 0 Å². The van der Waals surface area contributed by atoms with Crippen molar-refractivity contribution < 1.29 is 17.9 Å². The van der Waals surface area contributed by atoms with Gasteiger partial charge in [0.2, 0.25) is 0 Å². The van der Waals surface area contributed by atoms with Crippen LogP contribution < -0.4 is 0 Å². The maximum atomic E-state index is 7.67. The number of hydrogen-bond acceptors (Lipinski definition) is 0. The van der Waals surface area contributed by atoms with Gasteiger partial charge in [0.1, 0.15) is 0 Å². The molecule has 0 bridgehead atoms. The summed E-state index contributed by atoms with van der Waals surface area (Å²) in [6.45, 7) is 14.3. The van der Waals surface area contributed by atoms with Gasteiger partial charge in [-0.25, -0.2) is 0 Å². The van der Waals surface area contributed by atoms with Gasteiger partial charge in [-0.1, -0.05) is 0 Å². The van der Waals surface area contributed by atoms with Gasteiger partial charge in [-0.3, -0.25) is 0 Å². The summed E-state index contributed by atoms with van der Waals surface area (Å²) in [5.41, 5.74) is 3.67. The normalized spacial score (nSPS) is 33.6. The Morgan fingerprint density at radius 3 is 1.27 bits per heavy atom. The van der Waals surface area contributed by atoms with Gasteiger partial charge in [-0.2, -0.15) is 0 Å². The quantitative estimate of drug-likeness (QED) is 0.299. The molecule has 2 atom stereocenters. The molecular formula is C30H46Cl2Zr. The molecule has 0 radical (unpaired) electrons. The average molecular weight is 569 g/mol. The Balaban J connectivity index is 1.68. The SMILES string of the molecule is CC(C)C1(C2=C[C](C)([Zr]([Cl])([Cl])[C]3(C)C=CC(C4(C(C)C)CCCCC4)=C3)C=C2)CCCCC1. The summed E-state index contributed by atoms with van der Waals surface area (Å²) in [7, 11) is 15.3. The van der Waals surface area contributed by atoms with Crippen LogP contribution in [-0.2, 0) is 17.9 Å². The second kappa shape index (κ2) is 9.38. The first kappa shape index (κ1) is 26.5. The molecule has 3 heteroatoms. The van der Waals surface area contributed by atoms with Gasteiger partial charge in [0.05, 0.1) is 0 Å². The van der Waals surface area contributed by atoms with E-state index in [9.17, 15) is 0 Å². The maximum absolute atomic E-state index is 7.67. The molecule has 2 saturated carbocycles. The van der Waals surface area contributed by atoms with Gasteiger partial charge < -0.3 is 0 Å². The zero-order valence-electron chi connectivity index (χ0n) is 21.9. The van der Waals surface area contributed by atoms with Crippen LogP contribution in [0, 0.1) is 22.7 Å². The molecule has 2 unspecified atom stereocenters. The summed E-state index contributed by atoms with van der Waals surface area (Å²) >= 11 is -3.77. The molecule has 0 amide bonds. The second-order valence-electron chi connectivity index (χ2n) is 12.7. The molecule has 0 aliphatic heterocycles. The summed E-state index contributed by atoms with van der Waals surface area (Å²) in [5.74, 6) is 1.30. The molecule has 0 saturated heterocycles. The van der Waals surface area contributed by atoms with E-state index in [0.717, 1.165) is 0 Å². The average Bonchev–Trinajstić information content (AvgIpc) is 3.40. The Labute approximate surface area is 215 Å². The molecule has 0 aromatic carbocycles. The molecule has 0 heterocycles. The molecule has 0 spiro atoms. The third kappa shape index (κ3) is 4.21. The van der Waals surface area contributed by atoms with Crippen molar-refractivity contribution in [2.24, 2.45) is 22.7 Å². The molecule has 184 valence electrons. The van der Waals surface area contributed by atoms with Gasteiger partial charge in [0.25, 0.3) is 0 Å².